The highest BCUT2D eigenvalue weighted by molar-refractivity contribution is 5.31. The van der Waals surface area contributed by atoms with Crippen LogP contribution in [0.5, 0.6) is 11.5 Å². The van der Waals surface area contributed by atoms with Crippen LogP contribution in [-0.4, -0.2) is 61.7 Å². The van der Waals surface area contributed by atoms with Crippen LogP contribution in [0.2, 0.25) is 0 Å². The maximum absolute atomic E-state index is 10.1. The molecule has 0 saturated carbocycles. The molecule has 0 bridgehead atoms. The summed E-state index contributed by atoms with van der Waals surface area (Å²) in [5.41, 5.74) is 0. The van der Waals surface area contributed by atoms with Crippen molar-refractivity contribution in [3.8, 4) is 11.5 Å². The molecule has 0 spiro atoms. The Labute approximate surface area is 126 Å². The normalized spacial score (nSPS) is 21.0. The molecule has 1 N–H and O–H groups in total. The summed E-state index contributed by atoms with van der Waals surface area (Å²) in [5.74, 6) is 1.57. The van der Waals surface area contributed by atoms with E-state index < -0.39 is 6.10 Å². The highest BCUT2D eigenvalue weighted by atomic mass is 16.5. The minimum atomic E-state index is -0.498. The number of aliphatic hydroxyl groups is 1. The average Bonchev–Trinajstić information content (AvgIpc) is 2.47. The van der Waals surface area contributed by atoms with E-state index in [1.165, 1.54) is 0 Å². The summed E-state index contributed by atoms with van der Waals surface area (Å²) in [4.78, 5) is 2.21. The largest absolute Gasteiger partial charge is 0.494 e. The molecule has 0 amide bonds. The first-order chi connectivity index (χ1) is 10.2. The number of ether oxygens (including phenoxy) is 3. The van der Waals surface area contributed by atoms with Crippen molar-refractivity contribution in [2.75, 3.05) is 39.5 Å². The van der Waals surface area contributed by atoms with E-state index >= 15 is 0 Å². The third-order valence-electron chi connectivity index (χ3n) is 3.37. The standard InChI is InChI=1S/C16H25NO4/c1-3-19-15-4-6-16(7-5-15)21-12-14(18)11-17-8-9-20-13(2)10-17/h4-7,13-14,18H,3,8-12H2,1-2H3/t13-,14-/m1/s1. The van der Waals surface area contributed by atoms with Crippen molar-refractivity contribution < 1.29 is 19.3 Å². The number of aliphatic hydroxyl groups excluding tert-OH is 1. The van der Waals surface area contributed by atoms with Gasteiger partial charge in [0, 0.05) is 19.6 Å². The lowest BCUT2D eigenvalue weighted by Gasteiger charge is -2.32. The van der Waals surface area contributed by atoms with Crippen LogP contribution in [0.1, 0.15) is 13.8 Å². The van der Waals surface area contributed by atoms with Crippen molar-refractivity contribution in [3.05, 3.63) is 24.3 Å². The van der Waals surface area contributed by atoms with Crippen molar-refractivity contribution in [1.82, 2.24) is 4.90 Å². The molecule has 1 aliphatic rings. The number of morpholine rings is 1. The molecule has 2 rings (SSSR count). The predicted octanol–water partition coefficient (Wildman–Crippen LogP) is 1.55. The van der Waals surface area contributed by atoms with Crippen LogP contribution in [0.3, 0.4) is 0 Å². The second-order valence-electron chi connectivity index (χ2n) is 5.31. The van der Waals surface area contributed by atoms with Gasteiger partial charge in [-0.15, -0.1) is 0 Å². The number of hydrogen-bond donors (Lipinski definition) is 1. The van der Waals surface area contributed by atoms with E-state index in [2.05, 4.69) is 11.8 Å². The predicted molar refractivity (Wildman–Crippen MR) is 81.0 cm³/mol. The Morgan fingerprint density at radius 2 is 1.95 bits per heavy atom. The molecule has 1 saturated heterocycles. The van der Waals surface area contributed by atoms with Gasteiger partial charge in [-0.2, -0.15) is 0 Å². The highest BCUT2D eigenvalue weighted by Crippen LogP contribution is 2.17. The van der Waals surface area contributed by atoms with Crippen molar-refractivity contribution in [2.24, 2.45) is 0 Å². The monoisotopic (exact) mass is 295 g/mol. The Kier molecular flexibility index (Phi) is 6.29. The molecule has 2 atom stereocenters. The van der Waals surface area contributed by atoms with Gasteiger partial charge in [-0.1, -0.05) is 0 Å². The van der Waals surface area contributed by atoms with Gasteiger partial charge in [0.15, 0.2) is 0 Å². The number of hydrogen-bond acceptors (Lipinski definition) is 5. The van der Waals surface area contributed by atoms with Crippen LogP contribution in [0.15, 0.2) is 24.3 Å². The molecule has 21 heavy (non-hydrogen) atoms. The zero-order valence-electron chi connectivity index (χ0n) is 12.8. The maximum Gasteiger partial charge on any atom is 0.119 e. The average molecular weight is 295 g/mol. The third kappa shape index (κ3) is 5.53. The summed E-state index contributed by atoms with van der Waals surface area (Å²) < 4.78 is 16.5. The zero-order valence-corrected chi connectivity index (χ0v) is 12.8. The van der Waals surface area contributed by atoms with Crippen LogP contribution in [0, 0.1) is 0 Å². The fraction of sp³-hybridized carbons (Fsp3) is 0.625. The third-order valence-corrected chi connectivity index (χ3v) is 3.37. The molecule has 0 aromatic heterocycles. The Morgan fingerprint density at radius 3 is 2.57 bits per heavy atom. The molecule has 1 aliphatic heterocycles. The van der Waals surface area contributed by atoms with Gasteiger partial charge < -0.3 is 19.3 Å². The highest BCUT2D eigenvalue weighted by Gasteiger charge is 2.19. The van der Waals surface area contributed by atoms with E-state index in [0.29, 0.717) is 19.8 Å². The summed E-state index contributed by atoms with van der Waals surface area (Å²) >= 11 is 0. The lowest BCUT2D eigenvalue weighted by Crippen LogP contribution is -2.45. The lowest BCUT2D eigenvalue weighted by atomic mass is 10.2. The molecule has 1 fully saturated rings. The van der Waals surface area contributed by atoms with Gasteiger partial charge >= 0.3 is 0 Å². The van der Waals surface area contributed by atoms with Crippen molar-refractivity contribution >= 4 is 0 Å². The van der Waals surface area contributed by atoms with Gasteiger partial charge in [0.1, 0.15) is 24.2 Å². The van der Waals surface area contributed by atoms with Crippen LogP contribution in [0.4, 0.5) is 0 Å². The SMILES string of the molecule is CCOc1ccc(OC[C@H](O)CN2CCO[C@H](C)C2)cc1. The molecule has 1 aromatic carbocycles. The Morgan fingerprint density at radius 1 is 1.29 bits per heavy atom. The van der Waals surface area contributed by atoms with Crippen LogP contribution >= 0.6 is 0 Å². The summed E-state index contributed by atoms with van der Waals surface area (Å²) in [6.07, 6.45) is -0.264. The molecule has 5 heteroatoms. The fourth-order valence-electron chi connectivity index (χ4n) is 2.40. The van der Waals surface area contributed by atoms with Gasteiger partial charge in [0.05, 0.1) is 19.3 Å². The topological polar surface area (TPSA) is 51.2 Å². The smallest absolute Gasteiger partial charge is 0.119 e. The molecule has 0 unspecified atom stereocenters. The molecule has 0 aliphatic carbocycles. The molecular weight excluding hydrogens is 270 g/mol. The maximum atomic E-state index is 10.1. The van der Waals surface area contributed by atoms with E-state index in [-0.39, 0.29) is 6.10 Å². The van der Waals surface area contributed by atoms with Crippen molar-refractivity contribution in [1.29, 1.82) is 0 Å². The van der Waals surface area contributed by atoms with Crippen molar-refractivity contribution in [3.63, 3.8) is 0 Å². The minimum Gasteiger partial charge on any atom is -0.494 e. The molecule has 1 aromatic rings. The first-order valence-corrected chi connectivity index (χ1v) is 7.55. The van der Waals surface area contributed by atoms with Crippen LogP contribution < -0.4 is 9.47 Å². The van der Waals surface area contributed by atoms with E-state index in [1.54, 1.807) is 0 Å². The molecule has 0 radical (unpaired) electrons. The van der Waals surface area contributed by atoms with Crippen LogP contribution in [0.25, 0.3) is 0 Å². The summed E-state index contributed by atoms with van der Waals surface area (Å²) in [6, 6.07) is 7.45. The lowest BCUT2D eigenvalue weighted by molar-refractivity contribution is -0.0361. The molecular formula is C16H25NO4. The van der Waals surface area contributed by atoms with Gasteiger partial charge in [0.2, 0.25) is 0 Å². The number of nitrogens with zero attached hydrogens (tertiary/aromatic N) is 1. The summed E-state index contributed by atoms with van der Waals surface area (Å²) in [7, 11) is 0. The summed E-state index contributed by atoms with van der Waals surface area (Å²) in [5, 5.41) is 10.1. The zero-order chi connectivity index (χ0) is 15.1. The van der Waals surface area contributed by atoms with Gasteiger partial charge in [-0.05, 0) is 38.1 Å². The number of β-amino-alcohol motifs (C(OH)–C–C–N with tert-alkyl or cyclic N) is 1. The minimum absolute atomic E-state index is 0.234. The number of benzene rings is 1. The van der Waals surface area contributed by atoms with E-state index in [4.69, 9.17) is 14.2 Å². The first kappa shape index (κ1) is 16.1. The first-order valence-electron chi connectivity index (χ1n) is 7.55. The fourth-order valence-corrected chi connectivity index (χ4v) is 2.40. The summed E-state index contributed by atoms with van der Waals surface area (Å²) in [6.45, 7) is 8.02. The molecule has 118 valence electrons. The Balaban J connectivity index is 1.71. The Bertz CT molecular complexity index is 409. The van der Waals surface area contributed by atoms with Gasteiger partial charge in [-0.3, -0.25) is 4.90 Å². The van der Waals surface area contributed by atoms with Gasteiger partial charge in [-0.25, -0.2) is 0 Å². The van der Waals surface area contributed by atoms with Gasteiger partial charge in [0.25, 0.3) is 0 Å². The van der Waals surface area contributed by atoms with E-state index in [1.807, 2.05) is 31.2 Å². The second kappa shape index (κ2) is 8.22. The van der Waals surface area contributed by atoms with E-state index in [9.17, 15) is 5.11 Å². The van der Waals surface area contributed by atoms with Crippen molar-refractivity contribution in [2.45, 2.75) is 26.1 Å². The van der Waals surface area contributed by atoms with Crippen LogP contribution in [-0.2, 0) is 4.74 Å². The molecule has 1 heterocycles. The van der Waals surface area contributed by atoms with E-state index in [0.717, 1.165) is 31.2 Å². The Hall–Kier alpha value is -1.30. The second-order valence-corrected chi connectivity index (χ2v) is 5.31. The molecule has 5 nitrogen and oxygen atoms in total. The quantitative estimate of drug-likeness (QED) is 0.827. The number of rotatable bonds is 7.